The third-order valence-corrected chi connectivity index (χ3v) is 2.17. The summed E-state index contributed by atoms with van der Waals surface area (Å²) in [6, 6.07) is 6.55. The minimum atomic E-state index is -0.132. The molecule has 0 spiro atoms. The molecule has 86 valence electrons. The topological polar surface area (TPSA) is 64.4 Å². The van der Waals surface area contributed by atoms with Crippen molar-refractivity contribution in [1.82, 2.24) is 0 Å². The van der Waals surface area contributed by atoms with E-state index in [1.807, 2.05) is 6.07 Å². The van der Waals surface area contributed by atoms with Crippen LogP contribution in [0.2, 0.25) is 0 Å². The Balaban J connectivity index is 0.000000160. The average Bonchev–Trinajstić information content (AvgIpc) is 2.28. The van der Waals surface area contributed by atoms with Gasteiger partial charge in [0.15, 0.2) is 0 Å². The maximum atomic E-state index is 12.3. The first-order valence-corrected chi connectivity index (χ1v) is 5.03. The first-order valence-electron chi connectivity index (χ1n) is 5.03. The molecule has 1 aromatic rings. The zero-order valence-electron chi connectivity index (χ0n) is 9.18. The maximum Gasteiger partial charge on any atom is 0.126 e. The number of hydrogen-bond donors (Lipinski definition) is 2. The van der Waals surface area contributed by atoms with Crippen molar-refractivity contribution in [2.75, 3.05) is 0 Å². The Morgan fingerprint density at radius 1 is 1.19 bits per heavy atom. The molecule has 1 aliphatic rings. The van der Waals surface area contributed by atoms with Gasteiger partial charge in [-0.15, -0.1) is 0 Å². The van der Waals surface area contributed by atoms with Gasteiger partial charge >= 0.3 is 0 Å². The molecule has 0 aliphatic carbocycles. The lowest BCUT2D eigenvalue weighted by atomic mass is 10.1. The molecule has 0 radical (unpaired) electrons. The lowest BCUT2D eigenvalue weighted by molar-refractivity contribution is 0.618. The fraction of sp³-hybridized carbons (Fsp3) is 0.250. The lowest BCUT2D eigenvalue weighted by Crippen LogP contribution is -2.42. The number of halogens is 1. The van der Waals surface area contributed by atoms with Gasteiger partial charge in [-0.25, -0.2) is 4.39 Å². The number of benzene rings is 1. The highest BCUT2D eigenvalue weighted by molar-refractivity contribution is 5.67. The minimum absolute atomic E-state index is 0.0486. The summed E-state index contributed by atoms with van der Waals surface area (Å²) >= 11 is 0. The van der Waals surface area contributed by atoms with Crippen molar-refractivity contribution in [3.05, 3.63) is 47.9 Å². The molecule has 0 aromatic heterocycles. The molecule has 2 rings (SSSR count). The van der Waals surface area contributed by atoms with Gasteiger partial charge < -0.3 is 11.5 Å². The first kappa shape index (κ1) is 12.5. The minimum Gasteiger partial charge on any atom is -0.323 e. The second-order valence-electron chi connectivity index (χ2n) is 3.54. The van der Waals surface area contributed by atoms with E-state index >= 15 is 0 Å². The SMILES string of the molecule is Cc1ccccc1F.NC1C=CN=CC1N. The molecule has 4 heteroatoms. The molecule has 0 saturated carbocycles. The van der Waals surface area contributed by atoms with Crippen LogP contribution in [-0.4, -0.2) is 18.3 Å². The summed E-state index contributed by atoms with van der Waals surface area (Å²) in [7, 11) is 0. The largest absolute Gasteiger partial charge is 0.323 e. The Morgan fingerprint density at radius 3 is 2.25 bits per heavy atom. The summed E-state index contributed by atoms with van der Waals surface area (Å²) in [4.78, 5) is 3.80. The third-order valence-electron chi connectivity index (χ3n) is 2.17. The molecule has 16 heavy (non-hydrogen) atoms. The standard InChI is InChI=1S/C7H7F.C5H9N3/c1-6-4-2-3-5-7(6)8;6-4-1-2-8-3-5(4)7/h2-5H,1H3;1-5H,6-7H2. The van der Waals surface area contributed by atoms with E-state index in [0.29, 0.717) is 5.56 Å². The molecule has 1 heterocycles. The molecule has 0 saturated heterocycles. The summed E-state index contributed by atoms with van der Waals surface area (Å²) in [5.74, 6) is -0.132. The molecule has 2 unspecified atom stereocenters. The fourth-order valence-corrected chi connectivity index (χ4v) is 1.08. The number of nitrogens with two attached hydrogens (primary N) is 2. The Bertz CT molecular complexity index is 351. The highest BCUT2D eigenvalue weighted by Crippen LogP contribution is 2.02. The molecule has 4 N–H and O–H groups in total. The fourth-order valence-electron chi connectivity index (χ4n) is 1.08. The maximum absolute atomic E-state index is 12.3. The molecule has 2 atom stereocenters. The van der Waals surface area contributed by atoms with E-state index in [0.717, 1.165) is 0 Å². The van der Waals surface area contributed by atoms with E-state index in [-0.39, 0.29) is 17.9 Å². The van der Waals surface area contributed by atoms with E-state index in [4.69, 9.17) is 11.5 Å². The number of nitrogens with zero attached hydrogens (tertiary/aromatic N) is 1. The van der Waals surface area contributed by atoms with Crippen LogP contribution < -0.4 is 11.5 Å². The molecule has 0 amide bonds. The quantitative estimate of drug-likeness (QED) is 0.695. The third kappa shape index (κ3) is 3.92. The van der Waals surface area contributed by atoms with Crippen LogP contribution in [0.25, 0.3) is 0 Å². The van der Waals surface area contributed by atoms with Crippen LogP contribution in [0.1, 0.15) is 5.56 Å². The summed E-state index contributed by atoms with van der Waals surface area (Å²) in [5, 5.41) is 0. The van der Waals surface area contributed by atoms with E-state index in [1.165, 1.54) is 6.07 Å². The van der Waals surface area contributed by atoms with Gasteiger partial charge in [0, 0.05) is 18.5 Å². The van der Waals surface area contributed by atoms with Crippen LogP contribution in [0, 0.1) is 12.7 Å². The molecule has 1 aromatic carbocycles. The van der Waals surface area contributed by atoms with Crippen molar-refractivity contribution in [3.63, 3.8) is 0 Å². The predicted molar refractivity (Wildman–Crippen MR) is 64.7 cm³/mol. The van der Waals surface area contributed by atoms with Crippen LogP contribution >= 0.6 is 0 Å². The van der Waals surface area contributed by atoms with Crippen LogP contribution in [0.4, 0.5) is 4.39 Å². The van der Waals surface area contributed by atoms with Crippen LogP contribution in [0.15, 0.2) is 41.5 Å². The number of rotatable bonds is 0. The lowest BCUT2D eigenvalue weighted by Gasteiger charge is -2.12. The Hall–Kier alpha value is -1.52. The summed E-state index contributed by atoms with van der Waals surface area (Å²) in [6.07, 6.45) is 5.09. The number of hydrogen-bond acceptors (Lipinski definition) is 3. The van der Waals surface area contributed by atoms with Crippen LogP contribution in [0.5, 0.6) is 0 Å². The van der Waals surface area contributed by atoms with Crippen molar-refractivity contribution in [2.24, 2.45) is 16.5 Å². The van der Waals surface area contributed by atoms with E-state index in [2.05, 4.69) is 4.99 Å². The molecule has 0 fully saturated rings. The van der Waals surface area contributed by atoms with E-state index < -0.39 is 0 Å². The average molecular weight is 221 g/mol. The van der Waals surface area contributed by atoms with Gasteiger partial charge in [-0.3, -0.25) is 4.99 Å². The van der Waals surface area contributed by atoms with Crippen molar-refractivity contribution >= 4 is 6.21 Å². The Kier molecular flexibility index (Phi) is 4.82. The smallest absolute Gasteiger partial charge is 0.126 e. The van der Waals surface area contributed by atoms with Crippen molar-refractivity contribution < 1.29 is 4.39 Å². The van der Waals surface area contributed by atoms with E-state index in [1.54, 1.807) is 37.5 Å². The van der Waals surface area contributed by atoms with Gasteiger partial charge in [0.25, 0.3) is 0 Å². The second-order valence-corrected chi connectivity index (χ2v) is 3.54. The molecule has 1 aliphatic heterocycles. The van der Waals surface area contributed by atoms with Crippen LogP contribution in [-0.2, 0) is 0 Å². The Morgan fingerprint density at radius 2 is 1.88 bits per heavy atom. The van der Waals surface area contributed by atoms with Crippen molar-refractivity contribution in [2.45, 2.75) is 19.0 Å². The van der Waals surface area contributed by atoms with Gasteiger partial charge in [0.1, 0.15) is 5.82 Å². The van der Waals surface area contributed by atoms with Crippen molar-refractivity contribution in [3.8, 4) is 0 Å². The molecule has 0 bridgehead atoms. The number of aryl methyl sites for hydroxylation is 1. The normalized spacial score (nSPS) is 22.5. The van der Waals surface area contributed by atoms with Gasteiger partial charge in [-0.05, 0) is 24.6 Å². The Labute approximate surface area is 94.7 Å². The number of aliphatic imine (C=N–C) groups is 1. The highest BCUT2D eigenvalue weighted by atomic mass is 19.1. The monoisotopic (exact) mass is 221 g/mol. The first-order chi connectivity index (χ1) is 7.61. The van der Waals surface area contributed by atoms with Crippen molar-refractivity contribution in [1.29, 1.82) is 0 Å². The molecular weight excluding hydrogens is 205 g/mol. The van der Waals surface area contributed by atoms with Gasteiger partial charge in [-0.1, -0.05) is 18.2 Å². The zero-order chi connectivity index (χ0) is 12.0. The predicted octanol–water partition coefficient (Wildman–Crippen LogP) is 1.37. The summed E-state index contributed by atoms with van der Waals surface area (Å²) in [6.45, 7) is 1.75. The highest BCUT2D eigenvalue weighted by Gasteiger charge is 2.08. The van der Waals surface area contributed by atoms with Gasteiger partial charge in [-0.2, -0.15) is 0 Å². The van der Waals surface area contributed by atoms with Crippen LogP contribution in [0.3, 0.4) is 0 Å². The van der Waals surface area contributed by atoms with E-state index in [9.17, 15) is 4.39 Å². The second kappa shape index (κ2) is 6.15. The van der Waals surface area contributed by atoms with Gasteiger partial charge in [0.05, 0.1) is 6.04 Å². The zero-order valence-corrected chi connectivity index (χ0v) is 9.18. The molecule has 3 nitrogen and oxygen atoms in total. The molecular formula is C12H16FN3. The van der Waals surface area contributed by atoms with Gasteiger partial charge in [0.2, 0.25) is 0 Å². The summed E-state index contributed by atoms with van der Waals surface area (Å²) < 4.78 is 12.3. The summed E-state index contributed by atoms with van der Waals surface area (Å²) in [5.41, 5.74) is 11.6.